The highest BCUT2D eigenvalue weighted by molar-refractivity contribution is 6.05. The molecule has 7 heteroatoms. The van der Waals surface area contributed by atoms with E-state index in [1.807, 2.05) is 6.92 Å². The molecule has 0 fully saturated rings. The fourth-order valence-corrected chi connectivity index (χ4v) is 1.56. The van der Waals surface area contributed by atoms with Crippen LogP contribution in [-0.2, 0) is 13.6 Å². The van der Waals surface area contributed by atoms with Gasteiger partial charge >= 0.3 is 0 Å². The van der Waals surface area contributed by atoms with Crippen LogP contribution in [0.25, 0.3) is 0 Å². The molecule has 0 aromatic carbocycles. The van der Waals surface area contributed by atoms with Gasteiger partial charge in [-0.05, 0) is 6.92 Å². The van der Waals surface area contributed by atoms with E-state index in [9.17, 15) is 4.79 Å². The lowest BCUT2D eigenvalue weighted by Crippen LogP contribution is -2.20. The van der Waals surface area contributed by atoms with E-state index in [4.69, 9.17) is 5.73 Å². The molecule has 0 bridgehead atoms. The van der Waals surface area contributed by atoms with Crippen molar-refractivity contribution in [3.8, 4) is 0 Å². The fraction of sp³-hybridized carbons (Fsp3) is 0.300. The summed E-state index contributed by atoms with van der Waals surface area (Å²) in [6.45, 7) is 2.48. The molecule has 0 aliphatic carbocycles. The summed E-state index contributed by atoms with van der Waals surface area (Å²) >= 11 is 0. The molecule has 90 valence electrons. The van der Waals surface area contributed by atoms with Crippen LogP contribution in [0.15, 0.2) is 18.5 Å². The number of nitrogens with zero attached hydrogens (tertiary/aromatic N) is 4. The summed E-state index contributed by atoms with van der Waals surface area (Å²) in [4.78, 5) is 12.0. The average Bonchev–Trinajstić information content (AvgIpc) is 2.85. The lowest BCUT2D eigenvalue weighted by molar-refractivity contribution is 0.101. The number of hydrogen-bond acceptors (Lipinski definition) is 4. The molecule has 0 saturated carbocycles. The first-order valence-corrected chi connectivity index (χ1v) is 5.24. The number of aryl methyl sites for hydroxylation is 2. The molecular weight excluding hydrogens is 220 g/mol. The Morgan fingerprint density at radius 1 is 1.53 bits per heavy atom. The van der Waals surface area contributed by atoms with Crippen molar-refractivity contribution in [1.82, 2.24) is 19.6 Å². The molecule has 7 nitrogen and oxygen atoms in total. The molecule has 17 heavy (non-hydrogen) atoms. The van der Waals surface area contributed by atoms with E-state index in [-0.39, 0.29) is 5.91 Å². The summed E-state index contributed by atoms with van der Waals surface area (Å²) < 4.78 is 3.13. The highest BCUT2D eigenvalue weighted by atomic mass is 16.2. The number of carbonyl (C=O) groups excluding carboxylic acids is 1. The number of nitrogens with one attached hydrogen (secondary N) is 1. The zero-order chi connectivity index (χ0) is 12.4. The number of hydrogen-bond donors (Lipinski definition) is 2. The second-order valence-electron chi connectivity index (χ2n) is 3.56. The minimum Gasteiger partial charge on any atom is -0.396 e. The minimum atomic E-state index is -0.287. The topological polar surface area (TPSA) is 90.8 Å². The maximum absolute atomic E-state index is 12.0. The van der Waals surface area contributed by atoms with Gasteiger partial charge in [-0.2, -0.15) is 10.2 Å². The largest absolute Gasteiger partial charge is 0.396 e. The molecule has 0 spiro atoms. The first-order valence-electron chi connectivity index (χ1n) is 5.24. The van der Waals surface area contributed by atoms with Gasteiger partial charge in [-0.15, -0.1) is 0 Å². The summed E-state index contributed by atoms with van der Waals surface area (Å²) in [5, 5.41) is 10.7. The quantitative estimate of drug-likeness (QED) is 0.807. The molecule has 0 radical (unpaired) electrons. The molecule has 2 heterocycles. The second-order valence-corrected chi connectivity index (χ2v) is 3.56. The van der Waals surface area contributed by atoms with Crippen molar-refractivity contribution in [1.29, 1.82) is 0 Å². The monoisotopic (exact) mass is 234 g/mol. The molecule has 3 N–H and O–H groups in total. The van der Waals surface area contributed by atoms with Crippen molar-refractivity contribution >= 4 is 17.4 Å². The number of anilines is 2. The smallest absolute Gasteiger partial charge is 0.277 e. The number of aromatic nitrogens is 4. The van der Waals surface area contributed by atoms with E-state index in [2.05, 4.69) is 15.5 Å². The van der Waals surface area contributed by atoms with E-state index >= 15 is 0 Å². The molecule has 0 saturated heterocycles. The fourth-order valence-electron chi connectivity index (χ4n) is 1.56. The molecule has 0 aliphatic rings. The van der Waals surface area contributed by atoms with Crippen molar-refractivity contribution in [3.05, 3.63) is 24.2 Å². The average molecular weight is 234 g/mol. The van der Waals surface area contributed by atoms with Crippen LogP contribution >= 0.6 is 0 Å². The van der Waals surface area contributed by atoms with Gasteiger partial charge in [0, 0.05) is 19.7 Å². The number of amides is 1. The van der Waals surface area contributed by atoms with Crippen LogP contribution in [0, 0.1) is 0 Å². The molecule has 0 aliphatic heterocycles. The van der Waals surface area contributed by atoms with Gasteiger partial charge in [0.15, 0.2) is 0 Å². The van der Waals surface area contributed by atoms with Gasteiger partial charge in [-0.3, -0.25) is 14.2 Å². The lowest BCUT2D eigenvalue weighted by atomic mass is 10.3. The Morgan fingerprint density at radius 2 is 2.29 bits per heavy atom. The number of nitrogens with two attached hydrogens (primary N) is 1. The summed E-state index contributed by atoms with van der Waals surface area (Å²) in [6.07, 6.45) is 3.08. The summed E-state index contributed by atoms with van der Waals surface area (Å²) in [5.74, 6) is 0.323. The first kappa shape index (κ1) is 11.2. The Bertz CT molecular complexity index is 541. The van der Waals surface area contributed by atoms with Crippen LogP contribution in [0.1, 0.15) is 17.4 Å². The third kappa shape index (κ3) is 1.99. The first-order chi connectivity index (χ1) is 8.13. The molecule has 2 aromatic rings. The van der Waals surface area contributed by atoms with Gasteiger partial charge in [0.1, 0.15) is 11.5 Å². The zero-order valence-corrected chi connectivity index (χ0v) is 9.71. The normalized spacial score (nSPS) is 10.5. The van der Waals surface area contributed by atoms with E-state index < -0.39 is 0 Å². The van der Waals surface area contributed by atoms with Gasteiger partial charge in [0.2, 0.25) is 0 Å². The van der Waals surface area contributed by atoms with E-state index in [1.165, 1.54) is 6.20 Å². The highest BCUT2D eigenvalue weighted by Crippen LogP contribution is 2.13. The van der Waals surface area contributed by atoms with E-state index in [0.29, 0.717) is 23.7 Å². The van der Waals surface area contributed by atoms with Crippen LogP contribution in [-0.4, -0.2) is 25.5 Å². The van der Waals surface area contributed by atoms with Crippen LogP contribution < -0.4 is 11.1 Å². The lowest BCUT2D eigenvalue weighted by Gasteiger charge is -2.07. The van der Waals surface area contributed by atoms with Crippen molar-refractivity contribution < 1.29 is 4.79 Å². The standard InChI is InChI=1S/C10H14N6O/c1-3-16-9(7(11)6-13-16)10(17)14-8-4-5-12-15(8)2/h4-6H,3,11H2,1-2H3,(H,14,17). The maximum atomic E-state index is 12.0. The number of carbonyl (C=O) groups is 1. The van der Waals surface area contributed by atoms with Crippen molar-refractivity contribution in [2.45, 2.75) is 13.5 Å². The van der Waals surface area contributed by atoms with Crippen LogP contribution in [0.3, 0.4) is 0 Å². The Labute approximate surface area is 98.2 Å². The Balaban J connectivity index is 2.26. The molecule has 2 rings (SSSR count). The van der Waals surface area contributed by atoms with E-state index in [1.54, 1.807) is 28.7 Å². The van der Waals surface area contributed by atoms with E-state index in [0.717, 1.165) is 0 Å². The van der Waals surface area contributed by atoms with Gasteiger partial charge in [-0.25, -0.2) is 0 Å². The van der Waals surface area contributed by atoms with Crippen molar-refractivity contribution in [3.63, 3.8) is 0 Å². The van der Waals surface area contributed by atoms with Gasteiger partial charge in [0.05, 0.1) is 18.1 Å². The number of nitrogen functional groups attached to an aromatic ring is 1. The third-order valence-corrected chi connectivity index (χ3v) is 2.44. The molecule has 1 amide bonds. The molecular formula is C10H14N6O. The van der Waals surface area contributed by atoms with Crippen molar-refractivity contribution in [2.75, 3.05) is 11.1 Å². The third-order valence-electron chi connectivity index (χ3n) is 2.44. The van der Waals surface area contributed by atoms with Gasteiger partial charge in [0.25, 0.3) is 5.91 Å². The van der Waals surface area contributed by atoms with Crippen LogP contribution in [0.2, 0.25) is 0 Å². The summed E-state index contributed by atoms with van der Waals surface area (Å²) in [7, 11) is 1.75. The Kier molecular flexibility index (Phi) is 2.82. The van der Waals surface area contributed by atoms with Crippen LogP contribution in [0.4, 0.5) is 11.5 Å². The maximum Gasteiger partial charge on any atom is 0.277 e. The van der Waals surface area contributed by atoms with Crippen molar-refractivity contribution in [2.24, 2.45) is 7.05 Å². The zero-order valence-electron chi connectivity index (χ0n) is 9.71. The van der Waals surface area contributed by atoms with Crippen LogP contribution in [0.5, 0.6) is 0 Å². The predicted molar refractivity (Wildman–Crippen MR) is 63.5 cm³/mol. The molecule has 0 unspecified atom stereocenters. The second kappa shape index (κ2) is 4.28. The minimum absolute atomic E-state index is 0.287. The predicted octanol–water partition coefficient (Wildman–Crippen LogP) is 0.471. The van der Waals surface area contributed by atoms with Gasteiger partial charge < -0.3 is 11.1 Å². The SMILES string of the molecule is CCn1ncc(N)c1C(=O)Nc1ccnn1C. The number of rotatable bonds is 3. The highest BCUT2D eigenvalue weighted by Gasteiger charge is 2.17. The summed E-state index contributed by atoms with van der Waals surface area (Å²) in [5.41, 5.74) is 6.45. The van der Waals surface area contributed by atoms with Gasteiger partial charge in [-0.1, -0.05) is 0 Å². The molecule has 0 atom stereocenters. The summed E-state index contributed by atoms with van der Waals surface area (Å²) in [6, 6.07) is 1.71. The Hall–Kier alpha value is -2.31. The Morgan fingerprint density at radius 3 is 2.88 bits per heavy atom. The molecule has 2 aromatic heterocycles.